The molecule has 0 bridgehead atoms. The largest absolute Gasteiger partial charge is 0.456 e. The maximum atomic E-state index is 6.12. The highest BCUT2D eigenvalue weighted by molar-refractivity contribution is 6.06. The molecule has 236 valence electrons. The highest BCUT2D eigenvalue weighted by Gasteiger charge is 2.37. The van der Waals surface area contributed by atoms with Crippen LogP contribution in [0.25, 0.3) is 88.9 Å². The number of benzene rings is 7. The van der Waals surface area contributed by atoms with Crippen molar-refractivity contribution in [1.82, 2.24) is 9.97 Å². The quantitative estimate of drug-likeness (QED) is 0.192. The van der Waals surface area contributed by atoms with Crippen LogP contribution >= 0.6 is 0 Å². The number of furan rings is 1. The smallest absolute Gasteiger partial charge is 0.161 e. The van der Waals surface area contributed by atoms with E-state index in [1.807, 2.05) is 12.1 Å². The van der Waals surface area contributed by atoms with E-state index in [1.165, 1.54) is 44.5 Å². The first-order chi connectivity index (χ1) is 24.5. The lowest BCUT2D eigenvalue weighted by molar-refractivity contribution is 0.660. The van der Waals surface area contributed by atoms with Crippen LogP contribution in [0.1, 0.15) is 25.0 Å². The molecule has 1 aliphatic carbocycles. The molecule has 2 aromatic heterocycles. The average Bonchev–Trinajstić information content (AvgIpc) is 3.66. The molecule has 0 saturated heterocycles. The van der Waals surface area contributed by atoms with Crippen LogP contribution in [-0.4, -0.2) is 9.97 Å². The molecule has 50 heavy (non-hydrogen) atoms. The van der Waals surface area contributed by atoms with Crippen LogP contribution in [0.4, 0.5) is 0 Å². The molecule has 0 radical (unpaired) electrons. The molecule has 9 aromatic rings. The van der Waals surface area contributed by atoms with Gasteiger partial charge in [0.15, 0.2) is 5.82 Å². The Morgan fingerprint density at radius 1 is 0.440 bits per heavy atom. The Bertz CT molecular complexity index is 2770. The van der Waals surface area contributed by atoms with Gasteiger partial charge in [-0.05, 0) is 74.8 Å². The lowest BCUT2D eigenvalue weighted by Crippen LogP contribution is -2.15. The molecule has 0 atom stereocenters. The number of hydrogen-bond acceptors (Lipinski definition) is 3. The van der Waals surface area contributed by atoms with Crippen LogP contribution in [0.15, 0.2) is 162 Å². The van der Waals surface area contributed by atoms with Crippen LogP contribution in [0, 0.1) is 0 Å². The standard InChI is InChI=1S/C47H32N2O/c1-47(2)39-16-10-15-37(44(39)35-25-23-33(28-40(35)47)32-24-26-43-38(27-32)34-13-7-9-18-42(34)50-43)46-48-41-17-8-6-14-36(41)45(49-46)31-21-19-30(20-22-31)29-11-4-3-5-12-29/h3-28H,1-2H3. The molecule has 0 saturated carbocycles. The average molecular weight is 641 g/mol. The summed E-state index contributed by atoms with van der Waals surface area (Å²) in [5, 5.41) is 3.33. The van der Waals surface area contributed by atoms with Gasteiger partial charge in [-0.25, -0.2) is 9.97 Å². The second-order valence-corrected chi connectivity index (χ2v) is 13.8. The number of aromatic nitrogens is 2. The molecule has 0 unspecified atom stereocenters. The van der Waals surface area contributed by atoms with Crippen LogP contribution in [-0.2, 0) is 5.41 Å². The Labute approximate surface area is 290 Å². The zero-order valence-electron chi connectivity index (χ0n) is 27.8. The topological polar surface area (TPSA) is 38.9 Å². The molecule has 10 rings (SSSR count). The van der Waals surface area contributed by atoms with Gasteiger partial charge < -0.3 is 4.42 Å². The minimum Gasteiger partial charge on any atom is -0.456 e. The molecule has 3 heteroatoms. The Kier molecular flexibility index (Phi) is 6.22. The fourth-order valence-electron chi connectivity index (χ4n) is 7.93. The van der Waals surface area contributed by atoms with Gasteiger partial charge in [0.1, 0.15) is 11.2 Å². The van der Waals surface area contributed by atoms with Crippen molar-refractivity contribution in [3.8, 4) is 56.0 Å². The summed E-state index contributed by atoms with van der Waals surface area (Å²) >= 11 is 0. The van der Waals surface area contributed by atoms with E-state index in [1.54, 1.807) is 0 Å². The first-order valence-electron chi connectivity index (χ1n) is 17.2. The molecule has 0 fully saturated rings. The van der Waals surface area contributed by atoms with Gasteiger partial charge >= 0.3 is 0 Å². The Morgan fingerprint density at radius 3 is 1.96 bits per heavy atom. The third-order valence-corrected chi connectivity index (χ3v) is 10.5. The van der Waals surface area contributed by atoms with Crippen LogP contribution < -0.4 is 0 Å². The summed E-state index contributed by atoms with van der Waals surface area (Å²) in [7, 11) is 0. The van der Waals surface area contributed by atoms with E-state index in [2.05, 4.69) is 159 Å². The number of rotatable bonds is 4. The van der Waals surface area contributed by atoms with E-state index in [9.17, 15) is 0 Å². The van der Waals surface area contributed by atoms with Gasteiger partial charge in [0.25, 0.3) is 0 Å². The molecule has 3 nitrogen and oxygen atoms in total. The fraction of sp³-hybridized carbons (Fsp3) is 0.0638. The highest BCUT2D eigenvalue weighted by atomic mass is 16.3. The summed E-state index contributed by atoms with van der Waals surface area (Å²) in [5.74, 6) is 0.743. The molecule has 0 amide bonds. The molecule has 0 spiro atoms. The zero-order valence-corrected chi connectivity index (χ0v) is 27.8. The molecular weight excluding hydrogens is 609 g/mol. The predicted molar refractivity (Wildman–Crippen MR) is 206 cm³/mol. The van der Waals surface area contributed by atoms with Gasteiger partial charge in [-0.1, -0.05) is 141 Å². The first kappa shape index (κ1) is 28.7. The number of para-hydroxylation sites is 2. The minimum atomic E-state index is -0.198. The van der Waals surface area contributed by atoms with Crippen molar-refractivity contribution in [3.63, 3.8) is 0 Å². The lowest BCUT2D eigenvalue weighted by Gasteiger charge is -2.22. The van der Waals surface area contributed by atoms with E-state index >= 15 is 0 Å². The summed E-state index contributed by atoms with van der Waals surface area (Å²) in [6.45, 7) is 4.66. The van der Waals surface area contributed by atoms with E-state index in [0.29, 0.717) is 0 Å². The van der Waals surface area contributed by atoms with Crippen LogP contribution in [0.5, 0.6) is 0 Å². The van der Waals surface area contributed by atoms with Gasteiger partial charge in [0, 0.05) is 32.7 Å². The van der Waals surface area contributed by atoms with Crippen molar-refractivity contribution in [2.45, 2.75) is 19.3 Å². The highest BCUT2D eigenvalue weighted by Crippen LogP contribution is 2.53. The Hall–Kier alpha value is -6.32. The predicted octanol–water partition coefficient (Wildman–Crippen LogP) is 12.5. The monoisotopic (exact) mass is 640 g/mol. The van der Waals surface area contributed by atoms with Crippen molar-refractivity contribution < 1.29 is 4.42 Å². The van der Waals surface area contributed by atoms with Gasteiger partial charge in [-0.15, -0.1) is 0 Å². The maximum Gasteiger partial charge on any atom is 0.161 e. The normalized spacial score (nSPS) is 13.2. The van der Waals surface area contributed by atoms with Gasteiger partial charge in [0.2, 0.25) is 0 Å². The van der Waals surface area contributed by atoms with Crippen molar-refractivity contribution in [3.05, 3.63) is 169 Å². The summed E-state index contributed by atoms with van der Waals surface area (Å²) in [5.41, 5.74) is 15.5. The molecule has 7 aromatic carbocycles. The molecule has 2 heterocycles. The molecular formula is C47H32N2O. The second-order valence-electron chi connectivity index (χ2n) is 13.8. The van der Waals surface area contributed by atoms with Gasteiger partial charge in [-0.3, -0.25) is 0 Å². The Morgan fingerprint density at radius 2 is 1.10 bits per heavy atom. The van der Waals surface area contributed by atoms with E-state index in [4.69, 9.17) is 14.4 Å². The number of fused-ring (bicyclic) bond motifs is 7. The lowest BCUT2D eigenvalue weighted by atomic mass is 9.81. The maximum absolute atomic E-state index is 6.12. The van der Waals surface area contributed by atoms with Gasteiger partial charge in [-0.2, -0.15) is 0 Å². The SMILES string of the molecule is CC1(C)c2cc(-c3ccc4oc5ccccc5c4c3)ccc2-c2c(-c3nc(-c4ccc(-c5ccccc5)cc4)c4ccccc4n3)cccc21. The fourth-order valence-corrected chi connectivity index (χ4v) is 7.93. The van der Waals surface area contributed by atoms with E-state index in [-0.39, 0.29) is 5.41 Å². The molecule has 1 aliphatic rings. The van der Waals surface area contributed by atoms with Crippen molar-refractivity contribution in [2.75, 3.05) is 0 Å². The molecule has 0 N–H and O–H groups in total. The summed E-state index contributed by atoms with van der Waals surface area (Å²) in [6.07, 6.45) is 0. The minimum absolute atomic E-state index is 0.198. The van der Waals surface area contributed by atoms with E-state index in [0.717, 1.165) is 55.5 Å². The number of hydrogen-bond donors (Lipinski definition) is 0. The molecule has 0 aliphatic heterocycles. The van der Waals surface area contributed by atoms with Crippen LogP contribution in [0.3, 0.4) is 0 Å². The van der Waals surface area contributed by atoms with E-state index < -0.39 is 0 Å². The summed E-state index contributed by atoms with van der Waals surface area (Å²) in [4.78, 5) is 10.5. The Balaban J connectivity index is 1.11. The number of nitrogens with zero attached hydrogens (tertiary/aromatic N) is 2. The second kappa shape index (κ2) is 10.8. The van der Waals surface area contributed by atoms with Crippen molar-refractivity contribution >= 4 is 32.8 Å². The van der Waals surface area contributed by atoms with Crippen molar-refractivity contribution in [1.29, 1.82) is 0 Å². The third kappa shape index (κ3) is 4.37. The van der Waals surface area contributed by atoms with Gasteiger partial charge in [0.05, 0.1) is 11.2 Å². The summed E-state index contributed by atoms with van der Waals surface area (Å²) in [6, 6.07) is 55.9. The third-order valence-electron chi connectivity index (χ3n) is 10.5. The first-order valence-corrected chi connectivity index (χ1v) is 17.2. The zero-order chi connectivity index (χ0) is 33.4. The summed E-state index contributed by atoms with van der Waals surface area (Å²) < 4.78 is 6.12. The van der Waals surface area contributed by atoms with Crippen molar-refractivity contribution in [2.24, 2.45) is 0 Å². The van der Waals surface area contributed by atoms with Crippen LogP contribution in [0.2, 0.25) is 0 Å².